The predicted molar refractivity (Wildman–Crippen MR) is 142 cm³/mol. The lowest BCUT2D eigenvalue weighted by Crippen LogP contribution is -2.46. The van der Waals surface area contributed by atoms with E-state index in [1.165, 1.54) is 11.0 Å². The van der Waals surface area contributed by atoms with Gasteiger partial charge in [-0.15, -0.1) is 0 Å². The molecule has 10 heteroatoms. The van der Waals surface area contributed by atoms with E-state index in [0.717, 1.165) is 11.6 Å². The van der Waals surface area contributed by atoms with Crippen LogP contribution in [0.25, 0.3) is 0 Å². The fraction of sp³-hybridized carbons (Fsp3) is 0.500. The Balaban J connectivity index is 1.35. The van der Waals surface area contributed by atoms with Gasteiger partial charge in [-0.2, -0.15) is 0 Å². The lowest BCUT2D eigenvalue weighted by molar-refractivity contribution is -0.133. The number of ether oxygens (including phenoxy) is 2. The van der Waals surface area contributed by atoms with E-state index < -0.39 is 40.7 Å². The Bertz CT molecular complexity index is 1300. The first-order valence-electron chi connectivity index (χ1n) is 13.7. The number of likely N-dealkylation sites (tertiary alicyclic amines) is 1. The number of hydrogen-bond acceptors (Lipinski definition) is 5. The molecular formula is C30H35F2N3O5. The SMILES string of the molecule is CC(C)(C)OC(=O)N(CC(=O)N1CCC2(CCNC2=O)C1)[C@@H]1C[C@H]1c1cc(F)cc(F)c1OCc1ccccc1. The van der Waals surface area contributed by atoms with Crippen LogP contribution in [-0.4, -0.2) is 65.5 Å². The highest BCUT2D eigenvalue weighted by Crippen LogP contribution is 2.49. The van der Waals surface area contributed by atoms with Gasteiger partial charge in [-0.3, -0.25) is 14.5 Å². The van der Waals surface area contributed by atoms with Gasteiger partial charge in [0.2, 0.25) is 11.8 Å². The van der Waals surface area contributed by atoms with E-state index in [4.69, 9.17) is 9.47 Å². The molecule has 0 radical (unpaired) electrons. The highest BCUT2D eigenvalue weighted by molar-refractivity contribution is 5.88. The number of carbonyl (C=O) groups is 3. The molecule has 2 aliphatic heterocycles. The van der Waals surface area contributed by atoms with E-state index in [0.29, 0.717) is 44.5 Å². The van der Waals surface area contributed by atoms with Crippen LogP contribution >= 0.6 is 0 Å². The monoisotopic (exact) mass is 555 g/mol. The molecule has 40 heavy (non-hydrogen) atoms. The van der Waals surface area contributed by atoms with Crippen LogP contribution < -0.4 is 10.1 Å². The first kappa shape index (κ1) is 27.9. The summed E-state index contributed by atoms with van der Waals surface area (Å²) >= 11 is 0. The summed E-state index contributed by atoms with van der Waals surface area (Å²) in [5.41, 5.74) is -0.248. The number of nitrogens with zero attached hydrogens (tertiary/aromatic N) is 2. The summed E-state index contributed by atoms with van der Waals surface area (Å²) in [6, 6.07) is 10.7. The van der Waals surface area contributed by atoms with Crippen LogP contribution in [0.1, 0.15) is 57.1 Å². The Morgan fingerprint density at radius 3 is 2.58 bits per heavy atom. The summed E-state index contributed by atoms with van der Waals surface area (Å²) in [4.78, 5) is 42.0. The van der Waals surface area contributed by atoms with E-state index in [9.17, 15) is 23.2 Å². The molecule has 1 aliphatic carbocycles. The molecule has 1 saturated carbocycles. The fourth-order valence-corrected chi connectivity index (χ4v) is 5.67. The average molecular weight is 556 g/mol. The minimum Gasteiger partial charge on any atom is -0.486 e. The minimum absolute atomic E-state index is 0.0368. The van der Waals surface area contributed by atoms with E-state index in [-0.39, 0.29) is 30.7 Å². The van der Waals surface area contributed by atoms with Crippen molar-refractivity contribution in [2.24, 2.45) is 5.41 Å². The number of hydrogen-bond donors (Lipinski definition) is 1. The Labute approximate surface area is 232 Å². The molecule has 0 bridgehead atoms. The van der Waals surface area contributed by atoms with Gasteiger partial charge in [0.1, 0.15) is 24.6 Å². The molecule has 1 N–H and O–H groups in total. The third kappa shape index (κ3) is 5.90. The molecular weight excluding hydrogens is 520 g/mol. The zero-order valence-corrected chi connectivity index (χ0v) is 23.0. The molecule has 2 aromatic rings. The number of halogens is 2. The second-order valence-corrected chi connectivity index (χ2v) is 11.9. The Morgan fingerprint density at radius 2 is 1.90 bits per heavy atom. The van der Waals surface area contributed by atoms with Gasteiger partial charge < -0.3 is 19.7 Å². The fourth-order valence-electron chi connectivity index (χ4n) is 5.67. The molecule has 3 amide bonds. The molecule has 1 spiro atoms. The molecule has 3 fully saturated rings. The topological polar surface area (TPSA) is 88.2 Å². The maximum atomic E-state index is 14.9. The van der Waals surface area contributed by atoms with Gasteiger partial charge in [-0.1, -0.05) is 30.3 Å². The molecule has 2 aromatic carbocycles. The van der Waals surface area contributed by atoms with Gasteiger partial charge in [0.15, 0.2) is 11.6 Å². The molecule has 214 valence electrons. The molecule has 0 aromatic heterocycles. The third-order valence-electron chi connectivity index (χ3n) is 7.83. The maximum absolute atomic E-state index is 14.9. The number of nitrogens with one attached hydrogen (secondary N) is 1. The summed E-state index contributed by atoms with van der Waals surface area (Å²) in [7, 11) is 0. The van der Waals surface area contributed by atoms with E-state index in [2.05, 4.69) is 5.32 Å². The second kappa shape index (κ2) is 10.7. The van der Waals surface area contributed by atoms with Crippen molar-refractivity contribution in [3.05, 3.63) is 65.2 Å². The summed E-state index contributed by atoms with van der Waals surface area (Å²) in [5.74, 6) is -2.41. The summed E-state index contributed by atoms with van der Waals surface area (Å²) in [6.07, 6.45) is 0.967. The summed E-state index contributed by atoms with van der Waals surface area (Å²) in [5, 5.41) is 2.85. The molecule has 3 aliphatic rings. The molecule has 2 saturated heterocycles. The van der Waals surface area contributed by atoms with Crippen molar-refractivity contribution >= 4 is 17.9 Å². The summed E-state index contributed by atoms with van der Waals surface area (Å²) in [6.45, 7) is 6.35. The van der Waals surface area contributed by atoms with Gasteiger partial charge >= 0.3 is 6.09 Å². The largest absolute Gasteiger partial charge is 0.486 e. The minimum atomic E-state index is -0.825. The Hall–Kier alpha value is -3.69. The van der Waals surface area contributed by atoms with Gasteiger partial charge in [0.05, 0.1) is 5.41 Å². The van der Waals surface area contributed by atoms with E-state index in [1.807, 2.05) is 30.3 Å². The normalized spacial score (nSPS) is 23.7. The molecule has 2 heterocycles. The zero-order valence-electron chi connectivity index (χ0n) is 23.0. The molecule has 1 unspecified atom stereocenters. The van der Waals surface area contributed by atoms with Gasteiger partial charge in [-0.25, -0.2) is 13.6 Å². The zero-order chi connectivity index (χ0) is 28.7. The van der Waals surface area contributed by atoms with E-state index in [1.54, 1.807) is 25.7 Å². The highest BCUT2D eigenvalue weighted by atomic mass is 19.1. The average Bonchev–Trinajstić information content (AvgIpc) is 3.41. The van der Waals surface area contributed by atoms with Gasteiger partial charge in [0.25, 0.3) is 0 Å². The van der Waals surface area contributed by atoms with Crippen molar-refractivity contribution in [3.8, 4) is 5.75 Å². The van der Waals surface area contributed by atoms with Crippen molar-refractivity contribution in [3.63, 3.8) is 0 Å². The van der Waals surface area contributed by atoms with Crippen LogP contribution in [0.4, 0.5) is 13.6 Å². The molecule has 8 nitrogen and oxygen atoms in total. The number of benzene rings is 2. The van der Waals surface area contributed by atoms with Crippen LogP contribution in [-0.2, 0) is 20.9 Å². The standard InChI is InChI=1S/C30H35F2N3O5/c1-29(2,3)40-28(38)35(16-25(36)34-12-10-30(18-34)9-11-33-27(30)37)24-15-21(24)22-13-20(31)14-23(32)26(22)39-17-19-7-5-4-6-8-19/h4-8,13-14,21,24H,9-12,15-18H2,1-3H3,(H,33,37)/t21-,24+,30?/m0/s1. The second-order valence-electron chi connectivity index (χ2n) is 11.9. The van der Waals surface area contributed by atoms with Crippen LogP contribution in [0.3, 0.4) is 0 Å². The van der Waals surface area contributed by atoms with Crippen molar-refractivity contribution < 1.29 is 32.6 Å². The molecule has 5 rings (SSSR count). The van der Waals surface area contributed by atoms with Crippen LogP contribution in [0.2, 0.25) is 0 Å². The van der Waals surface area contributed by atoms with Crippen LogP contribution in [0.5, 0.6) is 5.75 Å². The van der Waals surface area contributed by atoms with Gasteiger partial charge in [0, 0.05) is 43.2 Å². The first-order valence-corrected chi connectivity index (χ1v) is 13.7. The predicted octanol–water partition coefficient (Wildman–Crippen LogP) is 4.38. The number of carbonyl (C=O) groups excluding carboxylic acids is 3. The van der Waals surface area contributed by atoms with Gasteiger partial charge in [-0.05, 0) is 51.7 Å². The van der Waals surface area contributed by atoms with Crippen molar-refractivity contribution in [2.45, 2.75) is 64.2 Å². The summed E-state index contributed by atoms with van der Waals surface area (Å²) < 4.78 is 40.7. The Kier molecular flexibility index (Phi) is 7.46. The highest BCUT2D eigenvalue weighted by Gasteiger charge is 2.51. The lowest BCUT2D eigenvalue weighted by atomic mass is 9.86. The maximum Gasteiger partial charge on any atom is 0.411 e. The number of rotatable bonds is 7. The number of amides is 3. The lowest BCUT2D eigenvalue weighted by Gasteiger charge is -2.29. The van der Waals surface area contributed by atoms with Crippen molar-refractivity contribution in [1.29, 1.82) is 0 Å². The quantitative estimate of drug-likeness (QED) is 0.548. The third-order valence-corrected chi connectivity index (χ3v) is 7.83. The van der Waals surface area contributed by atoms with Crippen molar-refractivity contribution in [2.75, 3.05) is 26.2 Å². The first-order chi connectivity index (χ1) is 19.0. The molecule has 3 atom stereocenters. The van der Waals surface area contributed by atoms with Crippen LogP contribution in [0.15, 0.2) is 42.5 Å². The van der Waals surface area contributed by atoms with E-state index >= 15 is 0 Å². The van der Waals surface area contributed by atoms with Crippen LogP contribution in [0, 0.1) is 17.0 Å². The smallest absolute Gasteiger partial charge is 0.411 e. The van der Waals surface area contributed by atoms with Crippen molar-refractivity contribution in [1.82, 2.24) is 15.1 Å². The Morgan fingerprint density at radius 1 is 1.15 bits per heavy atom.